The third-order valence-corrected chi connectivity index (χ3v) is 3.21. The van der Waals surface area contributed by atoms with Crippen LogP contribution in [-0.2, 0) is 6.54 Å². The summed E-state index contributed by atoms with van der Waals surface area (Å²) in [5.41, 5.74) is 4.63. The number of rotatable bonds is 5. The Morgan fingerprint density at radius 1 is 1.56 bits per heavy atom. The second kappa shape index (κ2) is 5.27. The van der Waals surface area contributed by atoms with E-state index in [0.717, 1.165) is 23.8 Å². The summed E-state index contributed by atoms with van der Waals surface area (Å²) in [6.07, 6.45) is 5.98. The highest BCUT2D eigenvalue weighted by Crippen LogP contribution is 2.27. The Balaban J connectivity index is 1.86. The molecule has 1 saturated carbocycles. The number of anilines is 1. The van der Waals surface area contributed by atoms with Gasteiger partial charge < -0.3 is 10.3 Å². The van der Waals surface area contributed by atoms with Crippen molar-refractivity contribution in [3.05, 3.63) is 24.0 Å². The Morgan fingerprint density at radius 2 is 2.38 bits per heavy atom. The maximum Gasteiger partial charge on any atom is 0.0564 e. The minimum absolute atomic E-state index is 0.895. The molecule has 1 heterocycles. The van der Waals surface area contributed by atoms with Crippen LogP contribution in [0.2, 0.25) is 0 Å². The molecule has 4 nitrogen and oxygen atoms in total. The average molecular weight is 220 g/mol. The molecule has 0 amide bonds. The van der Waals surface area contributed by atoms with Crippen molar-refractivity contribution in [2.45, 2.75) is 25.8 Å². The molecule has 2 rings (SSSR count). The Labute approximate surface area is 96.8 Å². The molecule has 1 aliphatic rings. The average Bonchev–Trinajstić information content (AvgIpc) is 2.24. The molecule has 0 bridgehead atoms. The van der Waals surface area contributed by atoms with Crippen LogP contribution in [-0.4, -0.2) is 23.5 Å². The first-order chi connectivity index (χ1) is 7.78. The van der Waals surface area contributed by atoms with Gasteiger partial charge in [-0.3, -0.25) is 10.8 Å². The zero-order valence-electron chi connectivity index (χ0n) is 9.82. The number of hydrazine groups is 1. The molecule has 0 saturated heterocycles. The predicted octanol–water partition coefficient (Wildman–Crippen LogP) is 1.60. The molecule has 0 aromatic carbocycles. The van der Waals surface area contributed by atoms with Gasteiger partial charge in [-0.25, -0.2) is 0 Å². The number of nitrogen functional groups attached to an aromatic ring is 1. The molecule has 0 atom stereocenters. The highest BCUT2D eigenvalue weighted by atomic mass is 15.2. The second-order valence-corrected chi connectivity index (χ2v) is 4.67. The third kappa shape index (κ3) is 2.93. The highest BCUT2D eigenvalue weighted by molar-refractivity contribution is 5.41. The summed E-state index contributed by atoms with van der Waals surface area (Å²) in [7, 11) is 2.16. The fourth-order valence-electron chi connectivity index (χ4n) is 2.11. The van der Waals surface area contributed by atoms with Crippen LogP contribution < -0.4 is 11.3 Å². The molecular weight excluding hydrogens is 200 g/mol. The van der Waals surface area contributed by atoms with E-state index in [2.05, 4.69) is 22.4 Å². The summed E-state index contributed by atoms with van der Waals surface area (Å²) in [4.78, 5) is 6.68. The van der Waals surface area contributed by atoms with Crippen molar-refractivity contribution < 1.29 is 0 Å². The standard InChI is InChI=1S/C12H20N4/c1-16(8-10-3-2-4-10)9-12-7-11(15-13)5-6-14-12/h5-7,10H,2-4,8-9,13H2,1H3,(H,14,15). The SMILES string of the molecule is CN(Cc1cc(NN)ccn1)CC1CCC1. The molecule has 1 aromatic heterocycles. The van der Waals surface area contributed by atoms with Crippen LogP contribution in [0, 0.1) is 5.92 Å². The van der Waals surface area contributed by atoms with E-state index >= 15 is 0 Å². The Bertz CT molecular complexity index is 336. The summed E-state index contributed by atoms with van der Waals surface area (Å²) < 4.78 is 0. The van der Waals surface area contributed by atoms with Crippen molar-refractivity contribution in [2.75, 3.05) is 19.0 Å². The lowest BCUT2D eigenvalue weighted by atomic mass is 9.85. The molecular formula is C12H20N4. The van der Waals surface area contributed by atoms with Crippen LogP contribution in [0.1, 0.15) is 25.0 Å². The van der Waals surface area contributed by atoms with Gasteiger partial charge in [0.2, 0.25) is 0 Å². The first-order valence-electron chi connectivity index (χ1n) is 5.88. The van der Waals surface area contributed by atoms with Crippen molar-refractivity contribution in [1.29, 1.82) is 0 Å². The molecule has 4 heteroatoms. The molecule has 0 spiro atoms. The predicted molar refractivity (Wildman–Crippen MR) is 65.7 cm³/mol. The van der Waals surface area contributed by atoms with Crippen molar-refractivity contribution in [1.82, 2.24) is 9.88 Å². The van der Waals surface area contributed by atoms with E-state index in [1.165, 1.54) is 25.8 Å². The fourth-order valence-corrected chi connectivity index (χ4v) is 2.11. The lowest BCUT2D eigenvalue weighted by molar-refractivity contribution is 0.199. The smallest absolute Gasteiger partial charge is 0.0564 e. The van der Waals surface area contributed by atoms with Crippen LogP contribution in [0.3, 0.4) is 0 Å². The number of pyridine rings is 1. The number of nitrogens with two attached hydrogens (primary N) is 1. The maximum atomic E-state index is 5.37. The molecule has 1 aliphatic carbocycles. The number of aromatic nitrogens is 1. The first-order valence-corrected chi connectivity index (χ1v) is 5.88. The maximum absolute atomic E-state index is 5.37. The lowest BCUT2D eigenvalue weighted by Gasteiger charge is -2.29. The van der Waals surface area contributed by atoms with Gasteiger partial charge in [-0.05, 0) is 37.9 Å². The zero-order valence-corrected chi connectivity index (χ0v) is 9.82. The largest absolute Gasteiger partial charge is 0.324 e. The number of hydrogen-bond donors (Lipinski definition) is 2. The highest BCUT2D eigenvalue weighted by Gasteiger charge is 2.19. The van der Waals surface area contributed by atoms with E-state index in [4.69, 9.17) is 5.84 Å². The van der Waals surface area contributed by atoms with Gasteiger partial charge >= 0.3 is 0 Å². The second-order valence-electron chi connectivity index (χ2n) is 4.67. The third-order valence-electron chi connectivity index (χ3n) is 3.21. The van der Waals surface area contributed by atoms with Gasteiger partial charge in [0.15, 0.2) is 0 Å². The normalized spacial score (nSPS) is 16.2. The number of nitrogens with zero attached hydrogens (tertiary/aromatic N) is 2. The van der Waals surface area contributed by atoms with Crippen LogP contribution >= 0.6 is 0 Å². The van der Waals surface area contributed by atoms with Gasteiger partial charge in [-0.15, -0.1) is 0 Å². The zero-order chi connectivity index (χ0) is 11.4. The molecule has 1 aromatic rings. The van der Waals surface area contributed by atoms with Crippen molar-refractivity contribution in [2.24, 2.45) is 11.8 Å². The lowest BCUT2D eigenvalue weighted by Crippen LogP contribution is -2.29. The Morgan fingerprint density at radius 3 is 3.00 bits per heavy atom. The topological polar surface area (TPSA) is 54.2 Å². The summed E-state index contributed by atoms with van der Waals surface area (Å²) >= 11 is 0. The minimum Gasteiger partial charge on any atom is -0.324 e. The molecule has 0 radical (unpaired) electrons. The molecule has 0 aliphatic heterocycles. The first kappa shape index (κ1) is 11.4. The van der Waals surface area contributed by atoms with E-state index < -0.39 is 0 Å². The minimum atomic E-state index is 0.895. The van der Waals surface area contributed by atoms with Crippen LogP contribution in [0.4, 0.5) is 5.69 Å². The van der Waals surface area contributed by atoms with E-state index in [0.29, 0.717) is 0 Å². The van der Waals surface area contributed by atoms with Crippen molar-refractivity contribution in [3.8, 4) is 0 Å². The van der Waals surface area contributed by atoms with Crippen LogP contribution in [0.15, 0.2) is 18.3 Å². The molecule has 0 unspecified atom stereocenters. The van der Waals surface area contributed by atoms with Crippen LogP contribution in [0.5, 0.6) is 0 Å². The summed E-state index contributed by atoms with van der Waals surface area (Å²) in [6, 6.07) is 3.87. The van der Waals surface area contributed by atoms with Gasteiger partial charge in [-0.1, -0.05) is 6.42 Å². The van der Waals surface area contributed by atoms with Crippen molar-refractivity contribution >= 4 is 5.69 Å². The Hall–Kier alpha value is -1.13. The van der Waals surface area contributed by atoms with Gasteiger partial charge in [-0.2, -0.15) is 0 Å². The van der Waals surface area contributed by atoms with Gasteiger partial charge in [0.25, 0.3) is 0 Å². The number of nitrogens with one attached hydrogen (secondary N) is 1. The van der Waals surface area contributed by atoms with Gasteiger partial charge in [0.1, 0.15) is 0 Å². The molecule has 3 N–H and O–H groups in total. The van der Waals surface area contributed by atoms with Crippen LogP contribution in [0.25, 0.3) is 0 Å². The molecule has 1 fully saturated rings. The summed E-state index contributed by atoms with van der Waals surface area (Å²) in [5.74, 6) is 6.27. The molecule has 16 heavy (non-hydrogen) atoms. The van der Waals surface area contributed by atoms with E-state index in [1.54, 1.807) is 6.20 Å². The van der Waals surface area contributed by atoms with E-state index in [1.807, 2.05) is 12.1 Å². The number of hydrogen-bond acceptors (Lipinski definition) is 4. The van der Waals surface area contributed by atoms with Gasteiger partial charge in [0, 0.05) is 19.3 Å². The summed E-state index contributed by atoms with van der Waals surface area (Å²) in [5, 5.41) is 0. The molecule has 88 valence electrons. The quantitative estimate of drug-likeness (QED) is 0.584. The van der Waals surface area contributed by atoms with Gasteiger partial charge in [0.05, 0.1) is 11.4 Å². The van der Waals surface area contributed by atoms with Crippen molar-refractivity contribution in [3.63, 3.8) is 0 Å². The van der Waals surface area contributed by atoms with E-state index in [9.17, 15) is 0 Å². The summed E-state index contributed by atoms with van der Waals surface area (Å²) in [6.45, 7) is 2.08. The Kier molecular flexibility index (Phi) is 3.74. The fraction of sp³-hybridized carbons (Fsp3) is 0.583. The van der Waals surface area contributed by atoms with E-state index in [-0.39, 0.29) is 0 Å². The monoisotopic (exact) mass is 220 g/mol.